The first kappa shape index (κ1) is 14.5. The highest BCUT2D eigenvalue weighted by Gasteiger charge is 2.35. The van der Waals surface area contributed by atoms with Gasteiger partial charge in [0.05, 0.1) is 12.1 Å². The molecular formula is C14H24N2O3. The van der Waals surface area contributed by atoms with E-state index in [2.05, 4.69) is 5.32 Å². The van der Waals surface area contributed by atoms with Crippen LogP contribution in [0.2, 0.25) is 0 Å². The monoisotopic (exact) mass is 268 g/mol. The molecular weight excluding hydrogens is 244 g/mol. The zero-order chi connectivity index (χ0) is 13.8. The molecule has 5 heteroatoms. The molecule has 19 heavy (non-hydrogen) atoms. The molecule has 0 bridgehead atoms. The minimum atomic E-state index is -0.523. The van der Waals surface area contributed by atoms with Crippen molar-refractivity contribution in [3.05, 3.63) is 0 Å². The molecule has 3 unspecified atom stereocenters. The first-order valence-corrected chi connectivity index (χ1v) is 7.28. The normalized spacial score (nSPS) is 30.3. The third-order valence-corrected chi connectivity index (χ3v) is 4.25. The minimum Gasteiger partial charge on any atom is -0.368 e. The first-order valence-electron chi connectivity index (χ1n) is 7.28. The van der Waals surface area contributed by atoms with Gasteiger partial charge in [-0.3, -0.25) is 9.59 Å². The maximum Gasteiger partial charge on any atom is 0.237 e. The van der Waals surface area contributed by atoms with Crippen molar-refractivity contribution in [3.63, 3.8) is 0 Å². The first-order chi connectivity index (χ1) is 9.08. The van der Waals surface area contributed by atoms with Crippen LogP contribution >= 0.6 is 0 Å². The summed E-state index contributed by atoms with van der Waals surface area (Å²) < 4.78 is 5.20. The van der Waals surface area contributed by atoms with E-state index in [1.807, 2.05) is 0 Å². The van der Waals surface area contributed by atoms with Crippen molar-refractivity contribution in [2.24, 2.45) is 11.7 Å². The van der Waals surface area contributed by atoms with Crippen LogP contribution in [-0.2, 0) is 14.3 Å². The van der Waals surface area contributed by atoms with E-state index in [1.54, 1.807) is 6.92 Å². The molecule has 0 spiro atoms. The van der Waals surface area contributed by atoms with Crippen molar-refractivity contribution in [1.82, 2.24) is 5.32 Å². The van der Waals surface area contributed by atoms with Gasteiger partial charge in [0.2, 0.25) is 5.91 Å². The lowest BCUT2D eigenvalue weighted by Crippen LogP contribution is -2.50. The fraction of sp³-hybridized carbons (Fsp3) is 0.857. The van der Waals surface area contributed by atoms with E-state index in [1.165, 1.54) is 32.1 Å². The molecule has 2 rings (SSSR count). The second kappa shape index (κ2) is 6.48. The second-order valence-corrected chi connectivity index (χ2v) is 5.81. The lowest BCUT2D eigenvalue weighted by atomic mass is 9.85. The quantitative estimate of drug-likeness (QED) is 0.788. The molecule has 0 aromatic rings. The Morgan fingerprint density at radius 1 is 1.42 bits per heavy atom. The Hall–Kier alpha value is -0.940. The summed E-state index contributed by atoms with van der Waals surface area (Å²) in [4.78, 5) is 23.6. The number of hydrogen-bond acceptors (Lipinski definition) is 4. The van der Waals surface area contributed by atoms with Crippen LogP contribution in [0.1, 0.15) is 45.4 Å². The highest BCUT2D eigenvalue weighted by Crippen LogP contribution is 2.27. The van der Waals surface area contributed by atoms with Crippen molar-refractivity contribution in [3.8, 4) is 0 Å². The van der Waals surface area contributed by atoms with E-state index in [0.717, 1.165) is 6.42 Å². The number of rotatable bonds is 4. The second-order valence-electron chi connectivity index (χ2n) is 5.81. The average molecular weight is 268 g/mol. The van der Waals surface area contributed by atoms with Crippen molar-refractivity contribution in [2.45, 2.75) is 63.6 Å². The summed E-state index contributed by atoms with van der Waals surface area (Å²) in [6, 6.07) is -1.03. The van der Waals surface area contributed by atoms with Crippen LogP contribution in [0.15, 0.2) is 0 Å². The summed E-state index contributed by atoms with van der Waals surface area (Å²) >= 11 is 0. The van der Waals surface area contributed by atoms with Crippen LogP contribution in [0.4, 0.5) is 0 Å². The average Bonchev–Trinajstić information content (AvgIpc) is 2.71. The van der Waals surface area contributed by atoms with Crippen LogP contribution in [0.25, 0.3) is 0 Å². The van der Waals surface area contributed by atoms with Gasteiger partial charge in [-0.15, -0.1) is 0 Å². The number of carbonyl (C=O) groups excluding carboxylic acids is 2. The van der Waals surface area contributed by atoms with E-state index in [0.29, 0.717) is 5.92 Å². The maximum atomic E-state index is 12.0. The number of ether oxygens (including phenoxy) is 1. The standard InChI is InChI=1S/C14H24N2O3/c1-9-13(12(17)8-19-9)16-14(18)11(15)7-10-5-3-2-4-6-10/h9-11,13H,2-8,15H2,1H3,(H,16,18). The molecule has 3 N–H and O–H groups in total. The molecule has 1 amide bonds. The Bertz CT molecular complexity index is 340. The van der Waals surface area contributed by atoms with Gasteiger partial charge in [0.25, 0.3) is 0 Å². The number of hydrogen-bond donors (Lipinski definition) is 2. The molecule has 5 nitrogen and oxygen atoms in total. The predicted molar refractivity (Wildman–Crippen MR) is 71.5 cm³/mol. The van der Waals surface area contributed by atoms with Crippen molar-refractivity contribution in [1.29, 1.82) is 0 Å². The highest BCUT2D eigenvalue weighted by atomic mass is 16.5. The molecule has 1 aliphatic heterocycles. The van der Waals surface area contributed by atoms with E-state index < -0.39 is 12.1 Å². The van der Waals surface area contributed by atoms with E-state index in [9.17, 15) is 9.59 Å². The van der Waals surface area contributed by atoms with Gasteiger partial charge < -0.3 is 15.8 Å². The summed E-state index contributed by atoms with van der Waals surface area (Å²) in [6.45, 7) is 1.88. The Morgan fingerprint density at radius 2 is 2.11 bits per heavy atom. The van der Waals surface area contributed by atoms with Gasteiger partial charge in [-0.05, 0) is 19.3 Å². The van der Waals surface area contributed by atoms with Crippen LogP contribution in [-0.4, -0.2) is 36.5 Å². The van der Waals surface area contributed by atoms with Gasteiger partial charge in [0.1, 0.15) is 12.6 Å². The largest absolute Gasteiger partial charge is 0.368 e. The van der Waals surface area contributed by atoms with Crippen LogP contribution in [0.3, 0.4) is 0 Å². The molecule has 1 heterocycles. The molecule has 0 aromatic heterocycles. The number of amides is 1. The minimum absolute atomic E-state index is 0.0642. The molecule has 2 aliphatic rings. The van der Waals surface area contributed by atoms with Crippen molar-refractivity contribution >= 4 is 11.7 Å². The number of ketones is 1. The zero-order valence-corrected chi connectivity index (χ0v) is 11.6. The SMILES string of the molecule is CC1OCC(=O)C1NC(=O)C(N)CC1CCCCC1. The summed E-state index contributed by atoms with van der Waals surface area (Å²) in [5.41, 5.74) is 5.95. The van der Waals surface area contributed by atoms with Gasteiger partial charge >= 0.3 is 0 Å². The number of Topliss-reactive ketones (excluding diaryl/α,β-unsaturated/α-hetero) is 1. The highest BCUT2D eigenvalue weighted by molar-refractivity contribution is 5.93. The number of nitrogens with two attached hydrogens (primary N) is 1. The molecule has 108 valence electrons. The third kappa shape index (κ3) is 3.76. The van der Waals surface area contributed by atoms with Crippen molar-refractivity contribution < 1.29 is 14.3 Å². The van der Waals surface area contributed by atoms with Gasteiger partial charge in [-0.1, -0.05) is 32.1 Å². The smallest absolute Gasteiger partial charge is 0.237 e. The fourth-order valence-electron chi connectivity index (χ4n) is 3.01. The van der Waals surface area contributed by atoms with Crippen molar-refractivity contribution in [2.75, 3.05) is 6.61 Å². The molecule has 0 aromatic carbocycles. The summed E-state index contributed by atoms with van der Waals surface area (Å²) in [5.74, 6) is 0.273. The summed E-state index contributed by atoms with van der Waals surface area (Å²) in [5, 5.41) is 2.73. The van der Waals surface area contributed by atoms with Gasteiger partial charge in [0, 0.05) is 0 Å². The Morgan fingerprint density at radius 3 is 2.68 bits per heavy atom. The lowest BCUT2D eigenvalue weighted by molar-refractivity contribution is -0.127. The summed E-state index contributed by atoms with van der Waals surface area (Å²) in [7, 11) is 0. The predicted octanol–water partition coefficient (Wildman–Crippen LogP) is 0.757. The van der Waals surface area contributed by atoms with E-state index >= 15 is 0 Å². The number of carbonyl (C=O) groups is 2. The Balaban J connectivity index is 1.80. The van der Waals surface area contributed by atoms with Crippen LogP contribution in [0.5, 0.6) is 0 Å². The Labute approximate surface area is 114 Å². The fourth-order valence-corrected chi connectivity index (χ4v) is 3.01. The topological polar surface area (TPSA) is 81.4 Å². The van der Waals surface area contributed by atoms with Crippen LogP contribution < -0.4 is 11.1 Å². The zero-order valence-electron chi connectivity index (χ0n) is 11.6. The van der Waals surface area contributed by atoms with E-state index in [-0.39, 0.29) is 24.4 Å². The van der Waals surface area contributed by atoms with Crippen LogP contribution in [0, 0.1) is 5.92 Å². The van der Waals surface area contributed by atoms with Gasteiger partial charge in [-0.2, -0.15) is 0 Å². The molecule has 2 fully saturated rings. The summed E-state index contributed by atoms with van der Waals surface area (Å²) in [6.07, 6.45) is 6.59. The molecule has 1 saturated carbocycles. The maximum absolute atomic E-state index is 12.0. The lowest BCUT2D eigenvalue weighted by Gasteiger charge is -2.25. The van der Waals surface area contributed by atoms with Gasteiger partial charge in [-0.25, -0.2) is 0 Å². The molecule has 1 aliphatic carbocycles. The third-order valence-electron chi connectivity index (χ3n) is 4.25. The van der Waals surface area contributed by atoms with E-state index in [4.69, 9.17) is 10.5 Å². The molecule has 3 atom stereocenters. The van der Waals surface area contributed by atoms with Gasteiger partial charge in [0.15, 0.2) is 5.78 Å². The Kier molecular flexibility index (Phi) is 4.93. The number of nitrogens with one attached hydrogen (secondary N) is 1. The molecule has 1 saturated heterocycles. The molecule has 0 radical (unpaired) electrons.